The van der Waals surface area contributed by atoms with Crippen molar-refractivity contribution in [2.45, 2.75) is 24.4 Å². The average molecular weight is 349 g/mol. The average Bonchev–Trinajstić information content (AvgIpc) is 3.36. The Balaban J connectivity index is 1.83. The number of rotatable bonds is 2. The smallest absolute Gasteiger partial charge is 0.256 e. The SMILES string of the molecule is FC(F)(F)c1cc(C2(c3ccc4nccc(Cl)c4c3)CC2)ccn1. The molecule has 1 aliphatic rings. The van der Waals surface area contributed by atoms with Gasteiger partial charge in [0.05, 0.1) is 10.5 Å². The van der Waals surface area contributed by atoms with Gasteiger partial charge in [0.15, 0.2) is 0 Å². The number of hydrogen-bond donors (Lipinski definition) is 0. The van der Waals surface area contributed by atoms with Crippen LogP contribution < -0.4 is 0 Å². The van der Waals surface area contributed by atoms with Gasteiger partial charge in [-0.05, 0) is 54.3 Å². The summed E-state index contributed by atoms with van der Waals surface area (Å²) in [5.74, 6) is 0. The number of fused-ring (bicyclic) bond motifs is 1. The topological polar surface area (TPSA) is 25.8 Å². The van der Waals surface area contributed by atoms with E-state index in [0.29, 0.717) is 10.6 Å². The van der Waals surface area contributed by atoms with E-state index in [2.05, 4.69) is 9.97 Å². The summed E-state index contributed by atoms with van der Waals surface area (Å²) in [4.78, 5) is 7.72. The monoisotopic (exact) mass is 348 g/mol. The summed E-state index contributed by atoms with van der Waals surface area (Å²) in [7, 11) is 0. The number of benzene rings is 1. The van der Waals surface area contributed by atoms with Crippen molar-refractivity contribution < 1.29 is 13.2 Å². The fourth-order valence-electron chi connectivity index (χ4n) is 3.16. The van der Waals surface area contributed by atoms with E-state index in [9.17, 15) is 13.2 Å². The third-order valence-electron chi connectivity index (χ3n) is 4.59. The molecule has 2 heterocycles. The molecule has 4 rings (SSSR count). The lowest BCUT2D eigenvalue weighted by Gasteiger charge is -2.18. The van der Waals surface area contributed by atoms with Crippen LogP contribution in [0.4, 0.5) is 13.2 Å². The van der Waals surface area contributed by atoms with Crippen LogP contribution in [-0.2, 0) is 11.6 Å². The minimum Gasteiger partial charge on any atom is -0.256 e. The van der Waals surface area contributed by atoms with E-state index in [0.717, 1.165) is 35.4 Å². The second-order valence-electron chi connectivity index (χ2n) is 6.03. The predicted octanol–water partition coefficient (Wildman–Crippen LogP) is 5.38. The summed E-state index contributed by atoms with van der Waals surface area (Å²) in [6, 6.07) is 10.3. The summed E-state index contributed by atoms with van der Waals surface area (Å²) in [5.41, 5.74) is 1.13. The number of halogens is 4. The maximum atomic E-state index is 13.0. The quantitative estimate of drug-likeness (QED) is 0.621. The summed E-state index contributed by atoms with van der Waals surface area (Å²) in [6.45, 7) is 0. The van der Waals surface area contributed by atoms with E-state index >= 15 is 0 Å². The van der Waals surface area contributed by atoms with E-state index in [1.54, 1.807) is 18.3 Å². The number of aromatic nitrogens is 2. The highest BCUT2D eigenvalue weighted by Gasteiger charge is 2.47. The molecule has 0 bridgehead atoms. The number of pyridine rings is 2. The molecule has 6 heteroatoms. The molecular weight excluding hydrogens is 337 g/mol. The molecule has 0 aliphatic heterocycles. The van der Waals surface area contributed by atoms with Gasteiger partial charge in [0.1, 0.15) is 5.69 Å². The second-order valence-corrected chi connectivity index (χ2v) is 6.44. The van der Waals surface area contributed by atoms with Gasteiger partial charge in [-0.2, -0.15) is 13.2 Å². The molecule has 1 aromatic carbocycles. The van der Waals surface area contributed by atoms with Crippen molar-refractivity contribution in [1.29, 1.82) is 0 Å². The molecular formula is C18H12ClF3N2. The minimum absolute atomic E-state index is 0.393. The summed E-state index contributed by atoms with van der Waals surface area (Å²) in [6.07, 6.45) is 0.0294. The molecule has 2 nitrogen and oxygen atoms in total. The van der Waals surface area contributed by atoms with Gasteiger partial charge in [-0.15, -0.1) is 0 Å². The van der Waals surface area contributed by atoms with Crippen molar-refractivity contribution in [3.05, 3.63) is 70.6 Å². The van der Waals surface area contributed by atoms with Gasteiger partial charge in [0.2, 0.25) is 0 Å². The van der Waals surface area contributed by atoms with Crippen molar-refractivity contribution in [2.24, 2.45) is 0 Å². The molecule has 0 radical (unpaired) electrons. The Morgan fingerprint density at radius 2 is 1.62 bits per heavy atom. The zero-order valence-electron chi connectivity index (χ0n) is 12.4. The van der Waals surface area contributed by atoms with E-state index in [1.165, 1.54) is 6.20 Å². The Bertz CT molecular complexity index is 933. The lowest BCUT2D eigenvalue weighted by molar-refractivity contribution is -0.141. The maximum Gasteiger partial charge on any atom is 0.433 e. The second kappa shape index (κ2) is 5.18. The van der Waals surface area contributed by atoms with Gasteiger partial charge in [-0.25, -0.2) is 0 Å². The fraction of sp³-hybridized carbons (Fsp3) is 0.222. The molecule has 0 N–H and O–H groups in total. The van der Waals surface area contributed by atoms with Crippen LogP contribution in [0, 0.1) is 0 Å². The zero-order valence-corrected chi connectivity index (χ0v) is 13.2. The summed E-state index contributed by atoms with van der Waals surface area (Å²) >= 11 is 6.23. The lowest BCUT2D eigenvalue weighted by atomic mass is 9.87. The highest BCUT2D eigenvalue weighted by molar-refractivity contribution is 6.35. The Labute approximate surface area is 141 Å². The molecule has 0 atom stereocenters. The molecule has 1 aliphatic carbocycles. The van der Waals surface area contributed by atoms with Crippen molar-refractivity contribution in [3.63, 3.8) is 0 Å². The van der Waals surface area contributed by atoms with Crippen LogP contribution in [0.25, 0.3) is 10.9 Å². The van der Waals surface area contributed by atoms with Crippen molar-refractivity contribution in [1.82, 2.24) is 9.97 Å². The zero-order chi connectivity index (χ0) is 16.9. The van der Waals surface area contributed by atoms with Crippen molar-refractivity contribution in [3.8, 4) is 0 Å². The van der Waals surface area contributed by atoms with Crippen LogP contribution in [0.1, 0.15) is 29.7 Å². The third-order valence-corrected chi connectivity index (χ3v) is 4.92. The van der Waals surface area contributed by atoms with Gasteiger partial charge in [-0.3, -0.25) is 9.97 Å². The number of alkyl halides is 3. The van der Waals surface area contributed by atoms with Crippen molar-refractivity contribution >= 4 is 22.5 Å². The largest absolute Gasteiger partial charge is 0.433 e. The Morgan fingerprint density at radius 1 is 0.917 bits per heavy atom. The van der Waals surface area contributed by atoms with Gasteiger partial charge in [0, 0.05) is 23.2 Å². The molecule has 1 saturated carbocycles. The highest BCUT2D eigenvalue weighted by Crippen LogP contribution is 2.54. The molecule has 2 aromatic heterocycles. The molecule has 0 unspecified atom stereocenters. The number of hydrogen-bond acceptors (Lipinski definition) is 2. The van der Waals surface area contributed by atoms with Crippen LogP contribution in [0.2, 0.25) is 5.02 Å². The lowest BCUT2D eigenvalue weighted by Crippen LogP contribution is -2.13. The van der Waals surface area contributed by atoms with E-state index in [-0.39, 0.29) is 0 Å². The fourth-order valence-corrected chi connectivity index (χ4v) is 3.37. The van der Waals surface area contributed by atoms with Crippen LogP contribution in [0.3, 0.4) is 0 Å². The first kappa shape index (κ1) is 15.4. The van der Waals surface area contributed by atoms with Crippen LogP contribution in [-0.4, -0.2) is 9.97 Å². The van der Waals surface area contributed by atoms with Gasteiger partial charge in [-0.1, -0.05) is 17.7 Å². The maximum absolute atomic E-state index is 13.0. The van der Waals surface area contributed by atoms with E-state index in [1.807, 2.05) is 18.2 Å². The van der Waals surface area contributed by atoms with Gasteiger partial charge < -0.3 is 0 Å². The minimum atomic E-state index is -4.44. The first-order valence-corrected chi connectivity index (χ1v) is 7.86. The summed E-state index contributed by atoms with van der Waals surface area (Å²) in [5, 5.41) is 1.40. The predicted molar refractivity (Wildman–Crippen MR) is 86.0 cm³/mol. The van der Waals surface area contributed by atoms with Crippen LogP contribution >= 0.6 is 11.6 Å². The van der Waals surface area contributed by atoms with E-state index < -0.39 is 17.3 Å². The molecule has 1 fully saturated rings. The van der Waals surface area contributed by atoms with Crippen LogP contribution in [0.5, 0.6) is 0 Å². The van der Waals surface area contributed by atoms with Crippen LogP contribution in [0.15, 0.2) is 48.8 Å². The molecule has 0 amide bonds. The standard InChI is InChI=1S/C18H12ClF3N2/c19-14-4-8-23-15-2-1-11(9-13(14)15)17(5-6-17)12-3-7-24-16(10-12)18(20,21)22/h1-4,7-10H,5-6H2. The Hall–Kier alpha value is -2.14. The number of nitrogens with zero attached hydrogens (tertiary/aromatic N) is 2. The Kier molecular flexibility index (Phi) is 3.32. The summed E-state index contributed by atoms with van der Waals surface area (Å²) < 4.78 is 38.9. The third kappa shape index (κ3) is 2.44. The first-order valence-electron chi connectivity index (χ1n) is 7.49. The Morgan fingerprint density at radius 3 is 2.33 bits per heavy atom. The molecule has 0 spiro atoms. The first-order chi connectivity index (χ1) is 11.4. The van der Waals surface area contributed by atoms with Gasteiger partial charge in [0.25, 0.3) is 0 Å². The molecule has 0 saturated heterocycles. The molecule has 24 heavy (non-hydrogen) atoms. The highest BCUT2D eigenvalue weighted by atomic mass is 35.5. The van der Waals surface area contributed by atoms with E-state index in [4.69, 9.17) is 11.6 Å². The normalized spacial score (nSPS) is 16.3. The molecule has 122 valence electrons. The van der Waals surface area contributed by atoms with Crippen molar-refractivity contribution in [2.75, 3.05) is 0 Å². The molecule has 3 aromatic rings. The van der Waals surface area contributed by atoms with Gasteiger partial charge >= 0.3 is 6.18 Å².